The molecular formula is C25H30BrNO7. The van der Waals surface area contributed by atoms with E-state index in [1.54, 1.807) is 41.3 Å². The molecule has 1 fully saturated rings. The topological polar surface area (TPSA) is 83.5 Å². The van der Waals surface area contributed by atoms with E-state index in [1.165, 1.54) is 14.2 Å². The van der Waals surface area contributed by atoms with E-state index in [4.69, 9.17) is 23.7 Å². The molecule has 0 spiro atoms. The van der Waals surface area contributed by atoms with Gasteiger partial charge in [-0.3, -0.25) is 4.90 Å². The lowest BCUT2D eigenvalue weighted by molar-refractivity contribution is -0.0626. The summed E-state index contributed by atoms with van der Waals surface area (Å²) < 4.78 is 28.0. The Kier molecular flexibility index (Phi) is 7.47. The Morgan fingerprint density at radius 3 is 2.26 bits per heavy atom. The third-order valence-corrected chi connectivity index (χ3v) is 6.06. The molecule has 3 rings (SSSR count). The molecule has 1 atom stereocenters. The molecule has 0 unspecified atom stereocenters. The molecule has 2 aromatic carbocycles. The van der Waals surface area contributed by atoms with E-state index in [0.717, 1.165) is 5.56 Å². The zero-order chi connectivity index (χ0) is 25.3. The minimum Gasteiger partial charge on any atom is -0.497 e. The van der Waals surface area contributed by atoms with Crippen LogP contribution in [0.25, 0.3) is 0 Å². The zero-order valence-corrected chi connectivity index (χ0v) is 22.0. The number of carbonyl (C=O) groups excluding carboxylic acids is 2. The van der Waals surface area contributed by atoms with Crippen molar-refractivity contribution in [1.29, 1.82) is 0 Å². The predicted octanol–water partition coefficient (Wildman–Crippen LogP) is 5.73. The van der Waals surface area contributed by atoms with Crippen molar-refractivity contribution in [1.82, 2.24) is 4.90 Å². The highest BCUT2D eigenvalue weighted by Gasteiger charge is 2.46. The normalized spacial score (nSPS) is 17.3. The van der Waals surface area contributed by atoms with Crippen molar-refractivity contribution in [2.24, 2.45) is 0 Å². The van der Waals surface area contributed by atoms with Crippen LogP contribution in [0.3, 0.4) is 0 Å². The lowest BCUT2D eigenvalue weighted by Gasteiger charge is -2.35. The van der Waals surface area contributed by atoms with Crippen LogP contribution in [-0.4, -0.2) is 49.1 Å². The lowest BCUT2D eigenvalue weighted by atomic mass is 10.1. The van der Waals surface area contributed by atoms with Crippen molar-refractivity contribution in [3.8, 4) is 17.2 Å². The Hall–Kier alpha value is -2.78. The first kappa shape index (κ1) is 25.8. The molecule has 1 heterocycles. The molecule has 0 bridgehead atoms. The van der Waals surface area contributed by atoms with E-state index in [2.05, 4.69) is 15.9 Å². The summed E-state index contributed by atoms with van der Waals surface area (Å²) in [7, 11) is 3.01. The summed E-state index contributed by atoms with van der Waals surface area (Å²) in [5, 5.41) is 0. The monoisotopic (exact) mass is 535 g/mol. The molecule has 0 N–H and O–H groups in total. The summed E-state index contributed by atoms with van der Waals surface area (Å²) in [5.41, 5.74) is -0.353. The number of amides is 1. The van der Waals surface area contributed by atoms with Crippen LogP contribution in [0.5, 0.6) is 17.2 Å². The number of esters is 1. The second-order valence-electron chi connectivity index (χ2n) is 9.27. The van der Waals surface area contributed by atoms with E-state index >= 15 is 0 Å². The van der Waals surface area contributed by atoms with E-state index in [0.29, 0.717) is 28.3 Å². The lowest BCUT2D eigenvalue weighted by Crippen LogP contribution is -2.47. The first-order valence-corrected chi connectivity index (χ1v) is 11.6. The fourth-order valence-electron chi connectivity index (χ4n) is 3.61. The molecule has 0 aromatic heterocycles. The van der Waals surface area contributed by atoms with Crippen LogP contribution >= 0.6 is 15.9 Å². The number of carbonyl (C=O) groups is 2. The van der Waals surface area contributed by atoms with Crippen molar-refractivity contribution in [2.45, 2.75) is 52.0 Å². The first-order chi connectivity index (χ1) is 15.9. The molecule has 0 aliphatic carbocycles. The van der Waals surface area contributed by atoms with Crippen LogP contribution in [0.4, 0.5) is 4.79 Å². The van der Waals surface area contributed by atoms with Gasteiger partial charge in [-0.05, 0) is 74.3 Å². The van der Waals surface area contributed by atoms with Crippen LogP contribution in [0.1, 0.15) is 56.6 Å². The number of rotatable bonds is 5. The standard InChI is InChI=1S/C25H30BrNO7/c1-24(2,3)34-23(29)27-19(14-32-25(27,4)5)15-8-10-16(11-9-15)33-22(28)18-12-17(30-6)13-20(31-7)21(18)26/h8-13,19H,14H2,1-7H3/t19-/m0/s1. The highest BCUT2D eigenvalue weighted by atomic mass is 79.9. The van der Waals surface area contributed by atoms with E-state index in [1.807, 2.05) is 34.6 Å². The fourth-order valence-corrected chi connectivity index (χ4v) is 4.17. The van der Waals surface area contributed by atoms with Crippen molar-refractivity contribution in [2.75, 3.05) is 20.8 Å². The Morgan fingerprint density at radius 2 is 1.71 bits per heavy atom. The van der Waals surface area contributed by atoms with Crippen molar-refractivity contribution < 1.29 is 33.3 Å². The fraction of sp³-hybridized carbons (Fsp3) is 0.440. The van der Waals surface area contributed by atoms with Gasteiger partial charge in [-0.1, -0.05) is 12.1 Å². The summed E-state index contributed by atoms with van der Waals surface area (Å²) >= 11 is 3.38. The summed E-state index contributed by atoms with van der Waals surface area (Å²) in [6, 6.07) is 9.85. The SMILES string of the molecule is COc1cc(OC)c(Br)c(C(=O)Oc2ccc([C@@H]3COC(C)(C)N3C(=O)OC(C)(C)C)cc2)c1. The van der Waals surface area contributed by atoms with Gasteiger partial charge in [-0.25, -0.2) is 9.59 Å². The average Bonchev–Trinajstić information content (AvgIpc) is 3.08. The zero-order valence-electron chi connectivity index (χ0n) is 20.4. The van der Waals surface area contributed by atoms with Gasteiger partial charge in [0.05, 0.1) is 36.9 Å². The molecule has 0 saturated carbocycles. The van der Waals surface area contributed by atoms with Crippen LogP contribution in [0, 0.1) is 0 Å². The summed E-state index contributed by atoms with van der Waals surface area (Å²) in [6.07, 6.45) is -0.452. The Labute approximate surface area is 208 Å². The van der Waals surface area contributed by atoms with Gasteiger partial charge in [0.2, 0.25) is 0 Å². The van der Waals surface area contributed by atoms with Gasteiger partial charge < -0.3 is 23.7 Å². The van der Waals surface area contributed by atoms with E-state index in [9.17, 15) is 9.59 Å². The molecule has 1 aliphatic rings. The second-order valence-corrected chi connectivity index (χ2v) is 10.1. The predicted molar refractivity (Wildman–Crippen MR) is 129 cm³/mol. The number of nitrogens with zero attached hydrogens (tertiary/aromatic N) is 1. The van der Waals surface area contributed by atoms with Gasteiger partial charge in [-0.2, -0.15) is 0 Å². The number of benzene rings is 2. The third kappa shape index (κ3) is 5.64. The summed E-state index contributed by atoms with van der Waals surface area (Å²) in [6.45, 7) is 9.44. The maximum absolute atomic E-state index is 12.9. The van der Waals surface area contributed by atoms with Crippen molar-refractivity contribution >= 4 is 28.0 Å². The molecule has 1 saturated heterocycles. The smallest absolute Gasteiger partial charge is 0.413 e. The molecule has 34 heavy (non-hydrogen) atoms. The van der Waals surface area contributed by atoms with Crippen molar-refractivity contribution in [3.63, 3.8) is 0 Å². The number of hydrogen-bond donors (Lipinski definition) is 0. The maximum atomic E-state index is 12.9. The summed E-state index contributed by atoms with van der Waals surface area (Å²) in [4.78, 5) is 27.3. The Balaban J connectivity index is 1.80. The number of methoxy groups -OCH3 is 2. The molecule has 2 aromatic rings. The second kappa shape index (κ2) is 9.84. The third-order valence-electron chi connectivity index (χ3n) is 5.24. The number of halogens is 1. The highest BCUT2D eigenvalue weighted by molar-refractivity contribution is 9.10. The van der Waals surface area contributed by atoms with Crippen LogP contribution in [0.15, 0.2) is 40.9 Å². The minimum atomic E-state index is -0.824. The van der Waals surface area contributed by atoms with Gasteiger partial charge in [0.1, 0.15) is 28.6 Å². The number of ether oxygens (including phenoxy) is 5. The van der Waals surface area contributed by atoms with E-state index < -0.39 is 23.4 Å². The molecular weight excluding hydrogens is 506 g/mol. The summed E-state index contributed by atoms with van der Waals surface area (Å²) in [5.74, 6) is 0.697. The van der Waals surface area contributed by atoms with Gasteiger partial charge in [0.25, 0.3) is 0 Å². The molecule has 0 radical (unpaired) electrons. The quantitative estimate of drug-likeness (QED) is 0.357. The van der Waals surface area contributed by atoms with E-state index in [-0.39, 0.29) is 11.6 Å². The van der Waals surface area contributed by atoms with Crippen LogP contribution in [-0.2, 0) is 9.47 Å². The van der Waals surface area contributed by atoms with Gasteiger partial charge >= 0.3 is 12.1 Å². The maximum Gasteiger partial charge on any atom is 0.413 e. The highest BCUT2D eigenvalue weighted by Crippen LogP contribution is 2.39. The molecule has 1 aliphatic heterocycles. The average molecular weight is 536 g/mol. The van der Waals surface area contributed by atoms with Gasteiger partial charge in [0.15, 0.2) is 0 Å². The van der Waals surface area contributed by atoms with Crippen LogP contribution in [0.2, 0.25) is 0 Å². The number of hydrogen-bond acceptors (Lipinski definition) is 7. The molecule has 8 nitrogen and oxygen atoms in total. The largest absolute Gasteiger partial charge is 0.497 e. The van der Waals surface area contributed by atoms with Crippen LogP contribution < -0.4 is 14.2 Å². The first-order valence-electron chi connectivity index (χ1n) is 10.8. The Morgan fingerprint density at radius 1 is 1.06 bits per heavy atom. The van der Waals surface area contributed by atoms with Gasteiger partial charge in [-0.15, -0.1) is 0 Å². The Bertz CT molecular complexity index is 1060. The minimum absolute atomic E-state index is 0.266. The molecule has 9 heteroatoms. The molecule has 184 valence electrons. The molecule has 1 amide bonds. The van der Waals surface area contributed by atoms with Crippen molar-refractivity contribution in [3.05, 3.63) is 52.0 Å². The van der Waals surface area contributed by atoms with Gasteiger partial charge in [0, 0.05) is 6.07 Å².